The van der Waals surface area contributed by atoms with Crippen LogP contribution in [0.25, 0.3) is 0 Å². The van der Waals surface area contributed by atoms with E-state index in [1.807, 2.05) is 23.1 Å². The molecule has 4 rings (SSSR count). The lowest BCUT2D eigenvalue weighted by molar-refractivity contribution is 0.0600. The number of benzene rings is 2. The molecule has 0 aliphatic carbocycles. The zero-order valence-corrected chi connectivity index (χ0v) is 16.1. The minimum Gasteiger partial charge on any atom is -0.465 e. The molecule has 6 nitrogen and oxygen atoms in total. The first-order valence-electron chi connectivity index (χ1n) is 9.76. The maximum absolute atomic E-state index is 13.0. The molecule has 0 atom stereocenters. The molecule has 0 aromatic heterocycles. The molecule has 0 unspecified atom stereocenters. The van der Waals surface area contributed by atoms with E-state index in [2.05, 4.69) is 22.3 Å². The van der Waals surface area contributed by atoms with Crippen molar-refractivity contribution in [3.63, 3.8) is 0 Å². The number of urea groups is 1. The van der Waals surface area contributed by atoms with Crippen molar-refractivity contribution in [1.82, 2.24) is 4.90 Å². The van der Waals surface area contributed by atoms with Gasteiger partial charge in [0.2, 0.25) is 0 Å². The molecule has 0 radical (unpaired) electrons. The van der Waals surface area contributed by atoms with Crippen LogP contribution in [0, 0.1) is 0 Å². The molecule has 2 aromatic carbocycles. The second-order valence-electron chi connectivity index (χ2n) is 7.29. The van der Waals surface area contributed by atoms with E-state index in [0.29, 0.717) is 24.3 Å². The number of ether oxygens (including phenoxy) is 1. The van der Waals surface area contributed by atoms with Gasteiger partial charge in [-0.05, 0) is 48.6 Å². The number of carbonyl (C=O) groups is 2. The average molecular weight is 379 g/mol. The Morgan fingerprint density at radius 1 is 1.00 bits per heavy atom. The third-order valence-corrected chi connectivity index (χ3v) is 5.52. The Bertz CT molecular complexity index is 890. The fourth-order valence-electron chi connectivity index (χ4n) is 3.98. The molecule has 2 heterocycles. The summed E-state index contributed by atoms with van der Waals surface area (Å²) in [5.74, 6) is -0.407. The molecule has 1 saturated heterocycles. The molecule has 2 aromatic rings. The lowest BCUT2D eigenvalue weighted by Crippen LogP contribution is -2.39. The van der Waals surface area contributed by atoms with E-state index in [0.717, 1.165) is 38.0 Å². The summed E-state index contributed by atoms with van der Waals surface area (Å²) in [6.45, 7) is 3.19. The van der Waals surface area contributed by atoms with Crippen LogP contribution in [0.15, 0.2) is 42.5 Å². The number of carbonyl (C=O) groups excluding carboxylic acids is 2. The molecule has 146 valence electrons. The summed E-state index contributed by atoms with van der Waals surface area (Å²) in [7, 11) is 1.36. The van der Waals surface area contributed by atoms with Crippen LogP contribution in [0.5, 0.6) is 0 Å². The number of hydrogen-bond acceptors (Lipinski definition) is 4. The van der Waals surface area contributed by atoms with Crippen LogP contribution in [0.3, 0.4) is 0 Å². The van der Waals surface area contributed by atoms with E-state index in [1.165, 1.54) is 18.2 Å². The SMILES string of the molecule is COC(=O)c1ccc(N2CCCC2)c(NC(=O)N2CCc3ccccc3C2)c1. The van der Waals surface area contributed by atoms with Crippen LogP contribution >= 0.6 is 0 Å². The van der Waals surface area contributed by atoms with Gasteiger partial charge in [-0.25, -0.2) is 9.59 Å². The van der Waals surface area contributed by atoms with Gasteiger partial charge in [0.05, 0.1) is 24.0 Å². The Morgan fingerprint density at radius 2 is 1.75 bits per heavy atom. The highest BCUT2D eigenvalue weighted by atomic mass is 16.5. The number of esters is 1. The highest BCUT2D eigenvalue weighted by Crippen LogP contribution is 2.31. The Morgan fingerprint density at radius 3 is 2.50 bits per heavy atom. The van der Waals surface area contributed by atoms with Crippen molar-refractivity contribution in [2.75, 3.05) is 37.0 Å². The smallest absolute Gasteiger partial charge is 0.337 e. The van der Waals surface area contributed by atoms with Gasteiger partial charge >= 0.3 is 12.0 Å². The van der Waals surface area contributed by atoms with E-state index >= 15 is 0 Å². The number of nitrogens with one attached hydrogen (secondary N) is 1. The number of hydrogen-bond donors (Lipinski definition) is 1. The lowest BCUT2D eigenvalue weighted by Gasteiger charge is -2.30. The van der Waals surface area contributed by atoms with Gasteiger partial charge in [0.1, 0.15) is 0 Å². The summed E-state index contributed by atoms with van der Waals surface area (Å²) in [5, 5.41) is 3.04. The van der Waals surface area contributed by atoms with E-state index in [-0.39, 0.29) is 6.03 Å². The first-order valence-corrected chi connectivity index (χ1v) is 9.76. The van der Waals surface area contributed by atoms with Crippen LogP contribution in [-0.2, 0) is 17.7 Å². The number of rotatable bonds is 3. The van der Waals surface area contributed by atoms with Crippen LogP contribution in [-0.4, -0.2) is 43.6 Å². The van der Waals surface area contributed by atoms with E-state index in [4.69, 9.17) is 4.74 Å². The summed E-state index contributed by atoms with van der Waals surface area (Å²) in [4.78, 5) is 29.0. The first kappa shape index (κ1) is 18.3. The second-order valence-corrected chi connectivity index (χ2v) is 7.29. The number of methoxy groups -OCH3 is 1. The molecular weight excluding hydrogens is 354 g/mol. The predicted molar refractivity (Wildman–Crippen MR) is 109 cm³/mol. The van der Waals surface area contributed by atoms with Crippen molar-refractivity contribution in [1.29, 1.82) is 0 Å². The number of fused-ring (bicyclic) bond motifs is 1. The van der Waals surface area contributed by atoms with Crippen LogP contribution in [0.1, 0.15) is 34.3 Å². The van der Waals surface area contributed by atoms with Crippen molar-refractivity contribution in [2.24, 2.45) is 0 Å². The molecule has 0 bridgehead atoms. The summed E-state index contributed by atoms with van der Waals surface area (Å²) in [6.07, 6.45) is 3.12. The Labute approximate surface area is 165 Å². The largest absolute Gasteiger partial charge is 0.465 e. The summed E-state index contributed by atoms with van der Waals surface area (Å²) in [5.41, 5.74) is 4.54. The minimum atomic E-state index is -0.407. The van der Waals surface area contributed by atoms with Gasteiger partial charge in [-0.15, -0.1) is 0 Å². The number of amides is 2. The van der Waals surface area contributed by atoms with Crippen molar-refractivity contribution in [2.45, 2.75) is 25.8 Å². The Balaban J connectivity index is 1.57. The minimum absolute atomic E-state index is 0.142. The third-order valence-electron chi connectivity index (χ3n) is 5.52. The predicted octanol–water partition coefficient (Wildman–Crippen LogP) is 3.66. The molecule has 2 aliphatic heterocycles. The van der Waals surface area contributed by atoms with Gasteiger partial charge in [0.25, 0.3) is 0 Å². The van der Waals surface area contributed by atoms with Gasteiger partial charge in [-0.2, -0.15) is 0 Å². The fraction of sp³-hybridized carbons (Fsp3) is 0.364. The maximum Gasteiger partial charge on any atom is 0.337 e. The zero-order valence-electron chi connectivity index (χ0n) is 16.1. The molecule has 2 aliphatic rings. The molecule has 0 saturated carbocycles. The van der Waals surface area contributed by atoms with Gasteiger partial charge in [0.15, 0.2) is 0 Å². The molecule has 0 spiro atoms. The van der Waals surface area contributed by atoms with E-state index in [1.54, 1.807) is 12.1 Å². The summed E-state index contributed by atoms with van der Waals surface area (Å²) in [6, 6.07) is 13.5. The van der Waals surface area contributed by atoms with Crippen LogP contribution < -0.4 is 10.2 Å². The molecule has 2 amide bonds. The van der Waals surface area contributed by atoms with Crippen molar-refractivity contribution in [3.05, 3.63) is 59.2 Å². The molecule has 1 N–H and O–H groups in total. The third kappa shape index (κ3) is 3.67. The van der Waals surface area contributed by atoms with E-state index < -0.39 is 5.97 Å². The van der Waals surface area contributed by atoms with Crippen molar-refractivity contribution >= 4 is 23.4 Å². The first-order chi connectivity index (χ1) is 13.7. The van der Waals surface area contributed by atoms with Gasteiger partial charge in [-0.3, -0.25) is 0 Å². The summed E-state index contributed by atoms with van der Waals surface area (Å²) >= 11 is 0. The standard InChI is InChI=1S/C22H25N3O3/c1-28-21(26)17-8-9-20(24-11-4-5-12-24)19(14-17)23-22(27)25-13-10-16-6-2-3-7-18(16)15-25/h2-3,6-9,14H,4-5,10-13,15H2,1H3,(H,23,27). The van der Waals surface area contributed by atoms with Crippen LogP contribution in [0.2, 0.25) is 0 Å². The molecule has 28 heavy (non-hydrogen) atoms. The second kappa shape index (κ2) is 7.92. The maximum atomic E-state index is 13.0. The molecular formula is C22H25N3O3. The van der Waals surface area contributed by atoms with Crippen molar-refractivity contribution in [3.8, 4) is 0 Å². The quantitative estimate of drug-likeness (QED) is 0.827. The Hall–Kier alpha value is -3.02. The highest BCUT2D eigenvalue weighted by Gasteiger charge is 2.23. The fourth-order valence-corrected chi connectivity index (χ4v) is 3.98. The van der Waals surface area contributed by atoms with Crippen molar-refractivity contribution < 1.29 is 14.3 Å². The lowest BCUT2D eigenvalue weighted by atomic mass is 10.0. The normalized spacial score (nSPS) is 15.9. The van der Waals surface area contributed by atoms with Gasteiger partial charge in [0, 0.05) is 26.2 Å². The van der Waals surface area contributed by atoms with E-state index in [9.17, 15) is 9.59 Å². The molecule has 1 fully saturated rings. The monoisotopic (exact) mass is 379 g/mol. The Kier molecular flexibility index (Phi) is 5.19. The summed E-state index contributed by atoms with van der Waals surface area (Å²) < 4.78 is 4.84. The van der Waals surface area contributed by atoms with Gasteiger partial charge < -0.3 is 19.9 Å². The average Bonchev–Trinajstić information content (AvgIpc) is 3.27. The molecule has 6 heteroatoms. The van der Waals surface area contributed by atoms with Crippen LogP contribution in [0.4, 0.5) is 16.2 Å². The number of nitrogens with zero attached hydrogens (tertiary/aromatic N) is 2. The zero-order chi connectivity index (χ0) is 19.5. The highest BCUT2D eigenvalue weighted by molar-refractivity contribution is 5.97. The topological polar surface area (TPSA) is 61.9 Å². The number of anilines is 2. The van der Waals surface area contributed by atoms with Gasteiger partial charge in [-0.1, -0.05) is 24.3 Å².